The summed E-state index contributed by atoms with van der Waals surface area (Å²) >= 11 is 3.40. The largest absolute Gasteiger partial charge is 0.350 e. The van der Waals surface area contributed by atoms with Crippen molar-refractivity contribution in [2.24, 2.45) is 0 Å². The highest BCUT2D eigenvalue weighted by Gasteiger charge is 2.17. The second-order valence-electron chi connectivity index (χ2n) is 5.30. The summed E-state index contributed by atoms with van der Waals surface area (Å²) in [6, 6.07) is 15.3. The van der Waals surface area contributed by atoms with Gasteiger partial charge in [0, 0.05) is 23.6 Å². The van der Waals surface area contributed by atoms with Gasteiger partial charge in [-0.25, -0.2) is 0 Å². The minimum absolute atomic E-state index is 0.00460. The third kappa shape index (κ3) is 4.93. The van der Waals surface area contributed by atoms with Crippen LogP contribution >= 0.6 is 15.9 Å². The van der Waals surface area contributed by atoms with E-state index >= 15 is 0 Å². The van der Waals surface area contributed by atoms with Crippen molar-refractivity contribution >= 4 is 33.4 Å². The molecule has 0 fully saturated rings. The van der Waals surface area contributed by atoms with Gasteiger partial charge in [0.25, 0.3) is 0 Å². The van der Waals surface area contributed by atoms with Gasteiger partial charge < -0.3 is 10.2 Å². The molecule has 0 atom stereocenters. The molecule has 120 valence electrons. The van der Waals surface area contributed by atoms with Gasteiger partial charge in [0.1, 0.15) is 6.54 Å². The van der Waals surface area contributed by atoms with Gasteiger partial charge >= 0.3 is 0 Å². The van der Waals surface area contributed by atoms with Crippen LogP contribution in [0, 0.1) is 6.92 Å². The quantitative estimate of drug-likeness (QED) is 0.871. The average molecular weight is 375 g/mol. The summed E-state index contributed by atoms with van der Waals surface area (Å²) in [6.07, 6.45) is 0. The number of hydrogen-bond donors (Lipinski definition) is 1. The zero-order valence-corrected chi connectivity index (χ0v) is 14.8. The topological polar surface area (TPSA) is 49.4 Å². The molecule has 2 rings (SSSR count). The molecule has 0 aliphatic carbocycles. The van der Waals surface area contributed by atoms with Gasteiger partial charge in [-0.3, -0.25) is 9.59 Å². The van der Waals surface area contributed by atoms with Crippen molar-refractivity contribution in [1.29, 1.82) is 0 Å². The van der Waals surface area contributed by atoms with Gasteiger partial charge in [0.05, 0.1) is 0 Å². The van der Waals surface area contributed by atoms with Crippen molar-refractivity contribution in [2.75, 3.05) is 11.4 Å². The highest BCUT2D eigenvalue weighted by molar-refractivity contribution is 9.10. The van der Waals surface area contributed by atoms with Crippen LogP contribution < -0.4 is 10.2 Å². The van der Waals surface area contributed by atoms with E-state index in [1.54, 1.807) is 0 Å². The number of carbonyl (C=O) groups is 2. The van der Waals surface area contributed by atoms with Crippen LogP contribution in [0.4, 0.5) is 5.69 Å². The van der Waals surface area contributed by atoms with Crippen LogP contribution in [0.1, 0.15) is 18.1 Å². The van der Waals surface area contributed by atoms with E-state index in [4.69, 9.17) is 0 Å². The maximum absolute atomic E-state index is 12.2. The lowest BCUT2D eigenvalue weighted by molar-refractivity contribution is -0.123. The van der Waals surface area contributed by atoms with Crippen LogP contribution in [0.2, 0.25) is 0 Å². The average Bonchev–Trinajstić information content (AvgIpc) is 2.52. The first-order valence-electron chi connectivity index (χ1n) is 7.32. The Morgan fingerprint density at radius 1 is 1.13 bits per heavy atom. The second kappa shape index (κ2) is 7.92. The lowest BCUT2D eigenvalue weighted by Crippen LogP contribution is -2.39. The number of nitrogens with one attached hydrogen (secondary N) is 1. The molecule has 0 aromatic heterocycles. The maximum Gasteiger partial charge on any atom is 0.240 e. The molecule has 5 heteroatoms. The van der Waals surface area contributed by atoms with Crippen molar-refractivity contribution in [3.8, 4) is 0 Å². The third-order valence-corrected chi connectivity index (χ3v) is 3.96. The van der Waals surface area contributed by atoms with Crippen LogP contribution in [-0.4, -0.2) is 18.4 Å². The highest BCUT2D eigenvalue weighted by atomic mass is 79.9. The second-order valence-corrected chi connectivity index (χ2v) is 6.21. The first-order chi connectivity index (χ1) is 11.0. The molecule has 2 aromatic carbocycles. The first-order valence-corrected chi connectivity index (χ1v) is 8.11. The van der Waals surface area contributed by atoms with E-state index in [0.29, 0.717) is 6.54 Å². The smallest absolute Gasteiger partial charge is 0.240 e. The lowest BCUT2D eigenvalue weighted by atomic mass is 10.1. The Hall–Kier alpha value is -2.14. The summed E-state index contributed by atoms with van der Waals surface area (Å²) in [7, 11) is 0. The lowest BCUT2D eigenvalue weighted by Gasteiger charge is -2.22. The molecule has 2 aromatic rings. The van der Waals surface area contributed by atoms with Gasteiger partial charge in [-0.15, -0.1) is 0 Å². The Labute approximate surface area is 144 Å². The maximum atomic E-state index is 12.2. The summed E-state index contributed by atoms with van der Waals surface area (Å²) in [5.41, 5.74) is 2.70. The number of anilines is 1. The molecule has 1 N–H and O–H groups in total. The van der Waals surface area contributed by atoms with E-state index in [1.807, 2.05) is 55.5 Å². The predicted octanol–water partition coefficient (Wildman–Crippen LogP) is 3.43. The minimum atomic E-state index is -0.189. The van der Waals surface area contributed by atoms with Crippen LogP contribution in [-0.2, 0) is 16.1 Å². The molecule has 0 radical (unpaired) electrons. The van der Waals surface area contributed by atoms with Gasteiger partial charge in [0.15, 0.2) is 0 Å². The number of rotatable bonds is 5. The number of halogens is 1. The molecule has 4 nitrogen and oxygen atoms in total. The van der Waals surface area contributed by atoms with E-state index in [-0.39, 0.29) is 18.4 Å². The van der Waals surface area contributed by atoms with E-state index < -0.39 is 0 Å². The van der Waals surface area contributed by atoms with Gasteiger partial charge in [-0.2, -0.15) is 0 Å². The number of hydrogen-bond acceptors (Lipinski definition) is 2. The van der Waals surface area contributed by atoms with E-state index in [9.17, 15) is 9.59 Å². The number of nitrogens with zero attached hydrogens (tertiary/aromatic N) is 1. The Bertz CT molecular complexity index is 701. The Morgan fingerprint density at radius 3 is 2.43 bits per heavy atom. The Kier molecular flexibility index (Phi) is 5.93. The number of amides is 2. The number of benzene rings is 2. The van der Waals surface area contributed by atoms with Crippen LogP contribution in [0.15, 0.2) is 53.0 Å². The fourth-order valence-corrected chi connectivity index (χ4v) is 2.76. The predicted molar refractivity (Wildman–Crippen MR) is 95.2 cm³/mol. The van der Waals surface area contributed by atoms with Crippen molar-refractivity contribution in [1.82, 2.24) is 5.32 Å². The molecule has 0 spiro atoms. The van der Waals surface area contributed by atoms with Crippen molar-refractivity contribution in [3.63, 3.8) is 0 Å². The Balaban J connectivity index is 2.04. The van der Waals surface area contributed by atoms with Gasteiger partial charge in [-0.1, -0.05) is 46.3 Å². The monoisotopic (exact) mass is 374 g/mol. The summed E-state index contributed by atoms with van der Waals surface area (Å²) in [5.74, 6) is -0.350. The first kappa shape index (κ1) is 17.2. The zero-order valence-electron chi connectivity index (χ0n) is 13.2. The summed E-state index contributed by atoms with van der Waals surface area (Å²) in [6.45, 7) is 3.83. The molecule has 23 heavy (non-hydrogen) atoms. The molecule has 0 aliphatic heterocycles. The highest BCUT2D eigenvalue weighted by Crippen LogP contribution is 2.23. The van der Waals surface area contributed by atoms with E-state index in [0.717, 1.165) is 21.3 Å². The SMILES string of the molecule is CC(=O)N(CC(=O)NCc1ccccc1)c1ccc(Br)cc1C. The van der Waals surface area contributed by atoms with E-state index in [1.165, 1.54) is 11.8 Å². The minimum Gasteiger partial charge on any atom is -0.350 e. The number of carbonyl (C=O) groups excluding carboxylic acids is 2. The summed E-state index contributed by atoms with van der Waals surface area (Å²) in [5, 5.41) is 2.84. The van der Waals surface area contributed by atoms with E-state index in [2.05, 4.69) is 21.2 Å². The fourth-order valence-electron chi connectivity index (χ4n) is 2.28. The normalized spacial score (nSPS) is 10.2. The van der Waals surface area contributed by atoms with Crippen molar-refractivity contribution in [2.45, 2.75) is 20.4 Å². The molecule has 0 aliphatic rings. The molecule has 0 unspecified atom stereocenters. The molecular formula is C18H19BrN2O2. The van der Waals surface area contributed by atoms with Crippen LogP contribution in [0.25, 0.3) is 0 Å². The van der Waals surface area contributed by atoms with Crippen LogP contribution in [0.3, 0.4) is 0 Å². The number of aryl methyl sites for hydroxylation is 1. The van der Waals surface area contributed by atoms with Gasteiger partial charge in [-0.05, 0) is 36.2 Å². The third-order valence-electron chi connectivity index (χ3n) is 3.46. The zero-order chi connectivity index (χ0) is 16.8. The van der Waals surface area contributed by atoms with Crippen molar-refractivity contribution < 1.29 is 9.59 Å². The summed E-state index contributed by atoms with van der Waals surface area (Å²) < 4.78 is 0.941. The van der Waals surface area contributed by atoms with Crippen LogP contribution in [0.5, 0.6) is 0 Å². The molecular weight excluding hydrogens is 356 g/mol. The molecule has 0 saturated heterocycles. The molecule has 0 bridgehead atoms. The Morgan fingerprint density at radius 2 is 1.83 bits per heavy atom. The van der Waals surface area contributed by atoms with Crippen molar-refractivity contribution in [3.05, 3.63) is 64.1 Å². The molecule has 0 saturated carbocycles. The standard InChI is InChI=1S/C18H19BrN2O2/c1-13-10-16(19)8-9-17(13)21(14(2)22)12-18(23)20-11-15-6-4-3-5-7-15/h3-10H,11-12H2,1-2H3,(H,20,23). The fraction of sp³-hybridized carbons (Fsp3) is 0.222. The molecule has 2 amide bonds. The molecule has 0 heterocycles. The van der Waals surface area contributed by atoms with Gasteiger partial charge in [0.2, 0.25) is 11.8 Å². The summed E-state index contributed by atoms with van der Waals surface area (Å²) in [4.78, 5) is 25.6.